The first-order valence-corrected chi connectivity index (χ1v) is 8.47. The molecule has 0 saturated carbocycles. The molecule has 2 aliphatic heterocycles. The number of hydrogen-bond acceptors (Lipinski definition) is 5. The van der Waals surface area contributed by atoms with Crippen LogP contribution in [0.5, 0.6) is 0 Å². The SMILES string of the molecule is O=S(=O)(c1cccnc1)N1CCN(C2CCNC2)CC1. The Hall–Kier alpha value is -1.02. The van der Waals surface area contributed by atoms with E-state index in [0.717, 1.165) is 32.6 Å². The molecule has 1 unspecified atom stereocenters. The van der Waals surface area contributed by atoms with Gasteiger partial charge in [-0.1, -0.05) is 0 Å². The summed E-state index contributed by atoms with van der Waals surface area (Å²) in [4.78, 5) is 6.59. The zero-order chi connectivity index (χ0) is 14.0. The molecule has 0 aliphatic carbocycles. The van der Waals surface area contributed by atoms with Gasteiger partial charge in [0.25, 0.3) is 0 Å². The largest absolute Gasteiger partial charge is 0.315 e. The summed E-state index contributed by atoms with van der Waals surface area (Å²) in [7, 11) is -3.38. The highest BCUT2D eigenvalue weighted by Gasteiger charge is 2.31. The smallest absolute Gasteiger partial charge is 0.244 e. The van der Waals surface area contributed by atoms with Crippen LogP contribution in [0.1, 0.15) is 6.42 Å². The van der Waals surface area contributed by atoms with Crippen molar-refractivity contribution in [3.8, 4) is 0 Å². The van der Waals surface area contributed by atoms with Crippen LogP contribution in [0, 0.1) is 0 Å². The Morgan fingerprint density at radius 2 is 2.05 bits per heavy atom. The lowest BCUT2D eigenvalue weighted by Gasteiger charge is -2.37. The Kier molecular flexibility index (Phi) is 4.02. The fourth-order valence-corrected chi connectivity index (χ4v) is 4.30. The van der Waals surface area contributed by atoms with E-state index in [9.17, 15) is 8.42 Å². The maximum absolute atomic E-state index is 12.5. The van der Waals surface area contributed by atoms with Crippen LogP contribution in [0.2, 0.25) is 0 Å². The third-order valence-corrected chi connectivity index (χ3v) is 5.98. The van der Waals surface area contributed by atoms with Gasteiger partial charge in [-0.05, 0) is 25.1 Å². The molecular formula is C13H20N4O2S. The average molecular weight is 296 g/mol. The summed E-state index contributed by atoms with van der Waals surface area (Å²) < 4.78 is 26.5. The number of nitrogens with one attached hydrogen (secondary N) is 1. The number of pyridine rings is 1. The van der Waals surface area contributed by atoms with E-state index < -0.39 is 10.0 Å². The zero-order valence-electron chi connectivity index (χ0n) is 11.4. The monoisotopic (exact) mass is 296 g/mol. The number of aromatic nitrogens is 1. The van der Waals surface area contributed by atoms with Gasteiger partial charge in [0.05, 0.1) is 0 Å². The van der Waals surface area contributed by atoms with Crippen LogP contribution in [0.3, 0.4) is 0 Å². The van der Waals surface area contributed by atoms with Crippen molar-refractivity contribution in [3.63, 3.8) is 0 Å². The summed E-state index contributed by atoms with van der Waals surface area (Å²) in [5.74, 6) is 0. The quantitative estimate of drug-likeness (QED) is 0.833. The predicted octanol–water partition coefficient (Wildman–Crippen LogP) is -0.250. The maximum Gasteiger partial charge on any atom is 0.244 e. The van der Waals surface area contributed by atoms with Crippen LogP contribution in [0.4, 0.5) is 0 Å². The average Bonchev–Trinajstić information content (AvgIpc) is 3.02. The van der Waals surface area contributed by atoms with E-state index >= 15 is 0 Å². The summed E-state index contributed by atoms with van der Waals surface area (Å²) >= 11 is 0. The normalized spacial score (nSPS) is 25.9. The molecule has 0 amide bonds. The number of nitrogens with zero attached hydrogens (tertiary/aromatic N) is 3. The van der Waals surface area contributed by atoms with E-state index in [1.165, 1.54) is 6.20 Å². The first kappa shape index (κ1) is 13.9. The molecule has 3 heterocycles. The zero-order valence-corrected chi connectivity index (χ0v) is 12.2. The standard InChI is InChI=1S/C13H20N4O2S/c18-20(19,13-2-1-4-14-11-13)17-8-6-16(7-9-17)12-3-5-15-10-12/h1-2,4,11-12,15H,3,5-10H2. The van der Waals surface area contributed by atoms with Crippen molar-refractivity contribution in [2.75, 3.05) is 39.3 Å². The summed E-state index contributed by atoms with van der Waals surface area (Å²) in [6.07, 6.45) is 4.17. The van der Waals surface area contributed by atoms with E-state index in [2.05, 4.69) is 15.2 Å². The van der Waals surface area contributed by atoms with Gasteiger partial charge in [-0.25, -0.2) is 8.42 Å². The molecule has 1 aromatic heterocycles. The minimum absolute atomic E-state index is 0.288. The fraction of sp³-hybridized carbons (Fsp3) is 0.615. The van der Waals surface area contributed by atoms with Crippen molar-refractivity contribution in [3.05, 3.63) is 24.5 Å². The molecule has 6 nitrogen and oxygen atoms in total. The summed E-state index contributed by atoms with van der Waals surface area (Å²) in [5.41, 5.74) is 0. The fourth-order valence-electron chi connectivity index (χ4n) is 2.91. The lowest BCUT2D eigenvalue weighted by atomic mass is 10.2. The number of piperazine rings is 1. The lowest BCUT2D eigenvalue weighted by Crippen LogP contribution is -2.52. The van der Waals surface area contributed by atoms with Crippen molar-refractivity contribution in [2.45, 2.75) is 17.4 Å². The first-order chi connectivity index (χ1) is 9.68. The van der Waals surface area contributed by atoms with E-state index in [0.29, 0.717) is 19.1 Å². The van der Waals surface area contributed by atoms with Gasteiger partial charge in [0.1, 0.15) is 4.90 Å². The molecule has 0 spiro atoms. The first-order valence-electron chi connectivity index (χ1n) is 7.03. The lowest BCUT2D eigenvalue weighted by molar-refractivity contribution is 0.145. The minimum atomic E-state index is -3.38. The second-order valence-corrected chi connectivity index (χ2v) is 7.21. The minimum Gasteiger partial charge on any atom is -0.315 e. The molecule has 0 bridgehead atoms. The molecule has 1 atom stereocenters. The molecule has 0 aromatic carbocycles. The molecule has 3 rings (SSSR count). The van der Waals surface area contributed by atoms with Crippen molar-refractivity contribution in [1.29, 1.82) is 0 Å². The Morgan fingerprint density at radius 1 is 1.25 bits per heavy atom. The van der Waals surface area contributed by atoms with Gasteiger partial charge >= 0.3 is 0 Å². The van der Waals surface area contributed by atoms with E-state index in [-0.39, 0.29) is 4.90 Å². The molecule has 7 heteroatoms. The van der Waals surface area contributed by atoms with E-state index in [4.69, 9.17) is 0 Å². The van der Waals surface area contributed by atoms with Gasteiger partial charge in [-0.15, -0.1) is 0 Å². The molecule has 2 fully saturated rings. The highest BCUT2D eigenvalue weighted by Crippen LogP contribution is 2.18. The van der Waals surface area contributed by atoms with Gasteiger partial charge < -0.3 is 5.32 Å². The topological polar surface area (TPSA) is 65.5 Å². The highest BCUT2D eigenvalue weighted by atomic mass is 32.2. The third kappa shape index (κ3) is 2.71. The summed E-state index contributed by atoms with van der Waals surface area (Å²) in [6.45, 7) is 4.84. The highest BCUT2D eigenvalue weighted by molar-refractivity contribution is 7.89. The van der Waals surface area contributed by atoms with Gasteiger partial charge in [0.2, 0.25) is 10.0 Å². The predicted molar refractivity (Wildman–Crippen MR) is 75.8 cm³/mol. The maximum atomic E-state index is 12.5. The molecular weight excluding hydrogens is 276 g/mol. The summed E-state index contributed by atoms with van der Waals surface area (Å²) in [5, 5.41) is 3.36. The second kappa shape index (κ2) is 5.77. The second-order valence-electron chi connectivity index (χ2n) is 5.28. The van der Waals surface area contributed by atoms with Crippen LogP contribution < -0.4 is 5.32 Å². The molecule has 20 heavy (non-hydrogen) atoms. The van der Waals surface area contributed by atoms with Crippen LogP contribution >= 0.6 is 0 Å². The number of hydrogen-bond donors (Lipinski definition) is 1. The van der Waals surface area contributed by atoms with Gasteiger partial charge in [-0.3, -0.25) is 9.88 Å². The van der Waals surface area contributed by atoms with Crippen molar-refractivity contribution in [1.82, 2.24) is 19.5 Å². The third-order valence-electron chi connectivity index (χ3n) is 4.10. The van der Waals surface area contributed by atoms with Crippen LogP contribution in [-0.2, 0) is 10.0 Å². The van der Waals surface area contributed by atoms with Crippen molar-refractivity contribution in [2.24, 2.45) is 0 Å². The Balaban J connectivity index is 1.65. The van der Waals surface area contributed by atoms with Crippen LogP contribution in [0.25, 0.3) is 0 Å². The molecule has 1 N–H and O–H groups in total. The number of sulfonamides is 1. The van der Waals surface area contributed by atoms with Crippen molar-refractivity contribution >= 4 is 10.0 Å². The molecule has 2 saturated heterocycles. The summed E-state index contributed by atoms with van der Waals surface area (Å²) in [6, 6.07) is 3.83. The molecule has 2 aliphatic rings. The Morgan fingerprint density at radius 3 is 2.65 bits per heavy atom. The van der Waals surface area contributed by atoms with E-state index in [1.54, 1.807) is 22.6 Å². The molecule has 110 valence electrons. The van der Waals surface area contributed by atoms with Crippen LogP contribution in [0.15, 0.2) is 29.4 Å². The Bertz CT molecular complexity index is 535. The number of rotatable bonds is 3. The Labute approximate surface area is 119 Å². The van der Waals surface area contributed by atoms with Gasteiger partial charge in [-0.2, -0.15) is 4.31 Å². The van der Waals surface area contributed by atoms with E-state index in [1.807, 2.05) is 0 Å². The molecule has 1 aromatic rings. The van der Waals surface area contributed by atoms with Gasteiger partial charge in [0.15, 0.2) is 0 Å². The van der Waals surface area contributed by atoms with Crippen molar-refractivity contribution < 1.29 is 8.42 Å². The molecule has 0 radical (unpaired) electrons. The van der Waals surface area contributed by atoms with Crippen LogP contribution in [-0.4, -0.2) is 67.9 Å². The van der Waals surface area contributed by atoms with Gasteiger partial charge in [0, 0.05) is 51.2 Å².